The van der Waals surface area contributed by atoms with Crippen LogP contribution in [0.4, 0.5) is 11.9 Å². The van der Waals surface area contributed by atoms with Gasteiger partial charge in [-0.25, -0.2) is 9.97 Å². The number of hydrogen-bond donors (Lipinski definition) is 3. The molecule has 19 heavy (non-hydrogen) atoms. The van der Waals surface area contributed by atoms with Crippen LogP contribution in [-0.2, 0) is 0 Å². The Morgan fingerprint density at radius 3 is 3.00 bits per heavy atom. The summed E-state index contributed by atoms with van der Waals surface area (Å²) in [5.74, 6) is 1.13. The maximum Gasteiger partial charge on any atom is 0.224 e. The van der Waals surface area contributed by atoms with E-state index >= 15 is 0 Å². The minimum Gasteiger partial charge on any atom is -0.369 e. The number of nitrogen functional groups attached to an aromatic ring is 1. The van der Waals surface area contributed by atoms with Gasteiger partial charge >= 0.3 is 0 Å². The van der Waals surface area contributed by atoms with Crippen LogP contribution in [0.2, 0.25) is 0 Å². The van der Waals surface area contributed by atoms with Crippen LogP contribution in [0.1, 0.15) is 26.3 Å². The van der Waals surface area contributed by atoms with E-state index in [1.165, 1.54) is 0 Å². The zero-order chi connectivity index (χ0) is 13.4. The molecule has 3 rings (SSSR count). The minimum absolute atomic E-state index is 0.291. The first kappa shape index (κ1) is 12.2. The van der Waals surface area contributed by atoms with Crippen molar-refractivity contribution < 1.29 is 0 Å². The number of rotatable bonds is 3. The molecular formula is C12H19N7. The lowest BCUT2D eigenvalue weighted by Crippen LogP contribution is -2.16. The Bertz CT molecular complexity index is 583. The molecule has 7 nitrogen and oxygen atoms in total. The third kappa shape index (κ3) is 2.21. The summed E-state index contributed by atoms with van der Waals surface area (Å²) in [5, 5.41) is 6.54. The van der Waals surface area contributed by atoms with Gasteiger partial charge in [0, 0.05) is 12.6 Å². The first-order chi connectivity index (χ1) is 9.15. The van der Waals surface area contributed by atoms with Crippen molar-refractivity contribution in [3.05, 3.63) is 6.20 Å². The molecule has 0 bridgehead atoms. The summed E-state index contributed by atoms with van der Waals surface area (Å²) in [5.41, 5.74) is 7.58. The van der Waals surface area contributed by atoms with Crippen LogP contribution in [0.3, 0.4) is 0 Å². The third-order valence-electron chi connectivity index (χ3n) is 3.28. The minimum atomic E-state index is 0.291. The van der Waals surface area contributed by atoms with Crippen LogP contribution in [0.5, 0.6) is 0 Å². The highest BCUT2D eigenvalue weighted by Gasteiger charge is 2.22. The van der Waals surface area contributed by atoms with Crippen LogP contribution in [0.15, 0.2) is 6.20 Å². The first-order valence-corrected chi connectivity index (χ1v) is 6.63. The Kier molecular flexibility index (Phi) is 2.98. The molecule has 1 unspecified atom stereocenters. The normalized spacial score (nSPS) is 19.4. The van der Waals surface area contributed by atoms with Crippen molar-refractivity contribution >= 4 is 23.1 Å². The van der Waals surface area contributed by atoms with Crippen LogP contribution >= 0.6 is 0 Å². The lowest BCUT2D eigenvalue weighted by Gasteiger charge is -2.13. The lowest BCUT2D eigenvalue weighted by molar-refractivity contribution is 0.565. The molecule has 1 fully saturated rings. The highest BCUT2D eigenvalue weighted by Crippen LogP contribution is 2.25. The first-order valence-electron chi connectivity index (χ1n) is 6.63. The van der Waals surface area contributed by atoms with Crippen molar-refractivity contribution in [3.8, 4) is 0 Å². The predicted octanol–water partition coefficient (Wildman–Crippen LogP) is 0.763. The second-order valence-corrected chi connectivity index (χ2v) is 5.19. The van der Waals surface area contributed by atoms with Gasteiger partial charge < -0.3 is 16.4 Å². The fraction of sp³-hybridized carbons (Fsp3) is 0.583. The van der Waals surface area contributed by atoms with Crippen molar-refractivity contribution in [2.24, 2.45) is 0 Å². The van der Waals surface area contributed by atoms with E-state index in [9.17, 15) is 0 Å². The number of anilines is 2. The Balaban J connectivity index is 2.06. The summed E-state index contributed by atoms with van der Waals surface area (Å²) in [4.78, 5) is 13.1. The summed E-state index contributed by atoms with van der Waals surface area (Å²) in [6.45, 7) is 6.03. The molecule has 1 aliphatic rings. The topological polar surface area (TPSA) is 93.7 Å². The standard InChI is InChI=1S/C12H19N7/c1-7(2)16-12-15-6-9-10(18-12)19(11(13)17-9)8-3-4-14-5-8/h6-8,14H,3-5H2,1-2H3,(H2,13,17)(H,15,16,18). The molecule has 3 heterocycles. The van der Waals surface area contributed by atoms with Crippen molar-refractivity contribution in [2.45, 2.75) is 32.4 Å². The van der Waals surface area contributed by atoms with E-state index < -0.39 is 0 Å². The van der Waals surface area contributed by atoms with Crippen LogP contribution < -0.4 is 16.4 Å². The molecule has 1 saturated heterocycles. The van der Waals surface area contributed by atoms with Gasteiger partial charge in [0.1, 0.15) is 5.52 Å². The molecule has 2 aromatic heterocycles. The molecule has 7 heteroatoms. The van der Waals surface area contributed by atoms with Crippen molar-refractivity contribution in [2.75, 3.05) is 24.1 Å². The Morgan fingerprint density at radius 2 is 2.32 bits per heavy atom. The Morgan fingerprint density at radius 1 is 1.47 bits per heavy atom. The van der Waals surface area contributed by atoms with E-state index in [1.807, 2.05) is 4.57 Å². The molecule has 102 valence electrons. The SMILES string of the molecule is CC(C)Nc1ncc2nc(N)n(C3CCNC3)c2n1. The zero-order valence-electron chi connectivity index (χ0n) is 11.2. The van der Waals surface area contributed by atoms with E-state index in [0.29, 0.717) is 24.0 Å². The van der Waals surface area contributed by atoms with Crippen molar-refractivity contribution in [3.63, 3.8) is 0 Å². The maximum absolute atomic E-state index is 6.02. The van der Waals surface area contributed by atoms with E-state index in [-0.39, 0.29) is 0 Å². The second kappa shape index (κ2) is 4.65. The van der Waals surface area contributed by atoms with Gasteiger partial charge in [0.05, 0.1) is 12.2 Å². The predicted molar refractivity (Wildman–Crippen MR) is 75.0 cm³/mol. The number of nitrogens with one attached hydrogen (secondary N) is 2. The summed E-state index contributed by atoms with van der Waals surface area (Å²) < 4.78 is 2.02. The number of hydrogen-bond acceptors (Lipinski definition) is 6. The van der Waals surface area contributed by atoms with E-state index in [0.717, 1.165) is 30.7 Å². The van der Waals surface area contributed by atoms with Crippen LogP contribution in [0, 0.1) is 0 Å². The molecule has 1 aliphatic heterocycles. The molecular weight excluding hydrogens is 242 g/mol. The van der Waals surface area contributed by atoms with Crippen LogP contribution in [-0.4, -0.2) is 38.7 Å². The lowest BCUT2D eigenvalue weighted by atomic mass is 10.2. The molecule has 1 atom stereocenters. The van der Waals surface area contributed by atoms with Gasteiger partial charge in [0.25, 0.3) is 0 Å². The van der Waals surface area contributed by atoms with Gasteiger partial charge in [0.15, 0.2) is 5.65 Å². The summed E-state index contributed by atoms with van der Waals surface area (Å²) in [7, 11) is 0. The number of imidazole rings is 1. The maximum atomic E-state index is 6.02. The summed E-state index contributed by atoms with van der Waals surface area (Å²) >= 11 is 0. The largest absolute Gasteiger partial charge is 0.369 e. The molecule has 0 aliphatic carbocycles. The third-order valence-corrected chi connectivity index (χ3v) is 3.28. The van der Waals surface area contributed by atoms with Gasteiger partial charge in [0.2, 0.25) is 11.9 Å². The monoisotopic (exact) mass is 261 g/mol. The van der Waals surface area contributed by atoms with Gasteiger partial charge in [-0.3, -0.25) is 4.57 Å². The van der Waals surface area contributed by atoms with Gasteiger partial charge in [-0.2, -0.15) is 4.98 Å². The fourth-order valence-electron chi connectivity index (χ4n) is 2.46. The smallest absolute Gasteiger partial charge is 0.224 e. The molecule has 0 radical (unpaired) electrons. The average Bonchev–Trinajstić information content (AvgIpc) is 2.94. The quantitative estimate of drug-likeness (QED) is 0.755. The van der Waals surface area contributed by atoms with Crippen molar-refractivity contribution in [1.82, 2.24) is 24.8 Å². The summed E-state index contributed by atoms with van der Waals surface area (Å²) in [6, 6.07) is 0.617. The van der Waals surface area contributed by atoms with E-state index in [2.05, 4.69) is 39.4 Å². The second-order valence-electron chi connectivity index (χ2n) is 5.19. The Labute approximate surface area is 111 Å². The number of nitrogens with zero attached hydrogens (tertiary/aromatic N) is 4. The van der Waals surface area contributed by atoms with Gasteiger partial charge in [-0.1, -0.05) is 0 Å². The molecule has 0 saturated carbocycles. The highest BCUT2D eigenvalue weighted by molar-refractivity contribution is 5.74. The molecule has 2 aromatic rings. The number of aromatic nitrogens is 4. The number of fused-ring (bicyclic) bond motifs is 1. The van der Waals surface area contributed by atoms with Gasteiger partial charge in [-0.05, 0) is 26.8 Å². The van der Waals surface area contributed by atoms with E-state index in [1.54, 1.807) is 6.20 Å². The van der Waals surface area contributed by atoms with Crippen molar-refractivity contribution in [1.29, 1.82) is 0 Å². The molecule has 4 N–H and O–H groups in total. The Hall–Kier alpha value is -1.89. The zero-order valence-corrected chi connectivity index (χ0v) is 11.2. The molecule has 0 amide bonds. The highest BCUT2D eigenvalue weighted by atomic mass is 15.3. The molecule has 0 spiro atoms. The van der Waals surface area contributed by atoms with Crippen LogP contribution in [0.25, 0.3) is 11.2 Å². The summed E-state index contributed by atoms with van der Waals surface area (Å²) in [6.07, 6.45) is 2.77. The average molecular weight is 261 g/mol. The van der Waals surface area contributed by atoms with Gasteiger partial charge in [-0.15, -0.1) is 0 Å². The van der Waals surface area contributed by atoms with E-state index in [4.69, 9.17) is 5.73 Å². The number of nitrogens with two attached hydrogens (primary N) is 1. The fourth-order valence-corrected chi connectivity index (χ4v) is 2.46. The molecule has 0 aromatic carbocycles.